The molecule has 1 saturated heterocycles. The van der Waals surface area contributed by atoms with Gasteiger partial charge in [-0.3, -0.25) is 4.90 Å². The first-order chi connectivity index (χ1) is 8.50. The minimum absolute atomic E-state index is 0.304. The van der Waals surface area contributed by atoms with Crippen LogP contribution in [0, 0.1) is 0 Å². The van der Waals surface area contributed by atoms with E-state index >= 15 is 0 Å². The van der Waals surface area contributed by atoms with Gasteiger partial charge in [-0.25, -0.2) is 0 Å². The number of anilines is 1. The van der Waals surface area contributed by atoms with Crippen molar-refractivity contribution in [1.82, 2.24) is 4.90 Å². The molecule has 0 spiro atoms. The molecule has 0 N–H and O–H groups in total. The monoisotopic (exact) mass is 246 g/mol. The Balaban J connectivity index is 1.96. The molecule has 18 heavy (non-hydrogen) atoms. The third kappa shape index (κ3) is 3.05. The first-order valence-corrected chi connectivity index (χ1v) is 7.09. The Hall–Kier alpha value is -1.02. The van der Waals surface area contributed by atoms with E-state index in [2.05, 4.69) is 61.8 Å². The van der Waals surface area contributed by atoms with Gasteiger partial charge in [0.05, 0.1) is 0 Å². The van der Waals surface area contributed by atoms with Crippen molar-refractivity contribution in [2.75, 3.05) is 31.1 Å². The van der Waals surface area contributed by atoms with Gasteiger partial charge in [0.25, 0.3) is 0 Å². The van der Waals surface area contributed by atoms with Gasteiger partial charge in [-0.05, 0) is 44.9 Å². The van der Waals surface area contributed by atoms with E-state index in [-0.39, 0.29) is 0 Å². The van der Waals surface area contributed by atoms with Crippen LogP contribution in [0.1, 0.15) is 33.3 Å². The second kappa shape index (κ2) is 5.31. The lowest BCUT2D eigenvalue weighted by Gasteiger charge is -2.43. The van der Waals surface area contributed by atoms with E-state index in [4.69, 9.17) is 0 Å². The van der Waals surface area contributed by atoms with Gasteiger partial charge in [-0.1, -0.05) is 19.1 Å². The summed E-state index contributed by atoms with van der Waals surface area (Å²) in [7, 11) is 0. The maximum atomic E-state index is 2.57. The molecule has 1 fully saturated rings. The van der Waals surface area contributed by atoms with E-state index in [9.17, 15) is 0 Å². The molecule has 0 unspecified atom stereocenters. The van der Waals surface area contributed by atoms with Crippen LogP contribution in [-0.4, -0.2) is 36.6 Å². The Labute approximate surface area is 112 Å². The summed E-state index contributed by atoms with van der Waals surface area (Å²) >= 11 is 0. The number of benzene rings is 1. The number of rotatable bonds is 2. The van der Waals surface area contributed by atoms with E-state index in [0.717, 1.165) is 19.5 Å². The first kappa shape index (κ1) is 13.4. The van der Waals surface area contributed by atoms with Crippen LogP contribution < -0.4 is 4.90 Å². The third-order valence-electron chi connectivity index (χ3n) is 3.94. The fraction of sp³-hybridized carbons (Fsp3) is 0.625. The van der Waals surface area contributed by atoms with Crippen molar-refractivity contribution in [2.45, 2.75) is 39.7 Å². The number of hydrogen-bond acceptors (Lipinski definition) is 2. The molecule has 2 nitrogen and oxygen atoms in total. The highest BCUT2D eigenvalue weighted by Gasteiger charge is 2.25. The highest BCUT2D eigenvalue weighted by Crippen LogP contribution is 2.21. The topological polar surface area (TPSA) is 6.48 Å². The molecule has 1 heterocycles. The quantitative estimate of drug-likeness (QED) is 0.791. The second-order valence-electron chi connectivity index (χ2n) is 6.16. The van der Waals surface area contributed by atoms with Crippen LogP contribution in [0.2, 0.25) is 0 Å². The van der Waals surface area contributed by atoms with Gasteiger partial charge in [0.2, 0.25) is 0 Å². The molecule has 0 amide bonds. The Morgan fingerprint density at radius 1 is 0.944 bits per heavy atom. The van der Waals surface area contributed by atoms with Crippen molar-refractivity contribution in [1.29, 1.82) is 0 Å². The molecule has 2 rings (SSSR count). The summed E-state index contributed by atoms with van der Waals surface area (Å²) in [5.74, 6) is 0. The zero-order valence-corrected chi connectivity index (χ0v) is 12.2. The average Bonchev–Trinajstić information content (AvgIpc) is 2.38. The van der Waals surface area contributed by atoms with E-state index in [1.807, 2.05) is 0 Å². The molecule has 100 valence electrons. The third-order valence-corrected chi connectivity index (χ3v) is 3.94. The molecule has 1 aromatic rings. The summed E-state index contributed by atoms with van der Waals surface area (Å²) in [6.45, 7) is 13.7. The van der Waals surface area contributed by atoms with Crippen LogP contribution in [0.5, 0.6) is 0 Å². The van der Waals surface area contributed by atoms with Gasteiger partial charge in [-0.2, -0.15) is 0 Å². The predicted molar refractivity (Wildman–Crippen MR) is 79.4 cm³/mol. The molecule has 0 saturated carbocycles. The maximum Gasteiger partial charge on any atom is 0.0367 e. The normalized spacial score (nSPS) is 18.1. The zero-order chi connectivity index (χ0) is 13.2. The number of nitrogens with zero attached hydrogens (tertiary/aromatic N) is 2. The van der Waals surface area contributed by atoms with Crippen molar-refractivity contribution in [3.63, 3.8) is 0 Å². The molecule has 2 heteroatoms. The average molecular weight is 246 g/mol. The van der Waals surface area contributed by atoms with Crippen LogP contribution in [0.25, 0.3) is 0 Å². The Kier molecular flexibility index (Phi) is 3.96. The number of hydrogen-bond donors (Lipinski definition) is 0. The standard InChI is InChI=1S/C16H26N2/c1-5-14-6-8-15(9-7-14)17-10-12-18(13-11-17)16(2,3)4/h6-9H,5,10-13H2,1-4H3. The molecule has 0 atom stereocenters. The molecule has 1 aliphatic heterocycles. The molecule has 0 aliphatic carbocycles. The largest absolute Gasteiger partial charge is 0.369 e. The Bertz CT molecular complexity index is 367. The molecule has 0 radical (unpaired) electrons. The van der Waals surface area contributed by atoms with Crippen LogP contribution in [0.4, 0.5) is 5.69 Å². The molecule has 0 aromatic heterocycles. The fourth-order valence-electron chi connectivity index (χ4n) is 2.58. The molecule has 1 aliphatic rings. The number of aryl methyl sites for hydroxylation is 1. The molecular formula is C16H26N2. The zero-order valence-electron chi connectivity index (χ0n) is 12.2. The Morgan fingerprint density at radius 2 is 1.50 bits per heavy atom. The first-order valence-electron chi connectivity index (χ1n) is 7.09. The highest BCUT2D eigenvalue weighted by molar-refractivity contribution is 5.48. The van der Waals surface area contributed by atoms with Crippen LogP contribution in [0.3, 0.4) is 0 Å². The maximum absolute atomic E-state index is 2.57. The smallest absolute Gasteiger partial charge is 0.0367 e. The van der Waals surface area contributed by atoms with Crippen molar-refractivity contribution < 1.29 is 0 Å². The van der Waals surface area contributed by atoms with Gasteiger partial charge in [0.1, 0.15) is 0 Å². The van der Waals surface area contributed by atoms with Gasteiger partial charge in [0.15, 0.2) is 0 Å². The van der Waals surface area contributed by atoms with Gasteiger partial charge < -0.3 is 4.90 Å². The van der Waals surface area contributed by atoms with Gasteiger partial charge >= 0.3 is 0 Å². The summed E-state index contributed by atoms with van der Waals surface area (Å²) in [6.07, 6.45) is 1.12. The minimum Gasteiger partial charge on any atom is -0.369 e. The summed E-state index contributed by atoms with van der Waals surface area (Å²) in [6, 6.07) is 9.05. The number of piperazine rings is 1. The van der Waals surface area contributed by atoms with Crippen LogP contribution in [0.15, 0.2) is 24.3 Å². The summed E-state index contributed by atoms with van der Waals surface area (Å²) < 4.78 is 0. The van der Waals surface area contributed by atoms with E-state index in [1.165, 1.54) is 24.3 Å². The van der Waals surface area contributed by atoms with Crippen molar-refractivity contribution in [3.8, 4) is 0 Å². The lowest BCUT2D eigenvalue weighted by atomic mass is 10.0. The molecule has 0 bridgehead atoms. The van der Waals surface area contributed by atoms with Crippen LogP contribution in [-0.2, 0) is 6.42 Å². The van der Waals surface area contributed by atoms with Crippen molar-refractivity contribution in [2.24, 2.45) is 0 Å². The molecular weight excluding hydrogens is 220 g/mol. The second-order valence-corrected chi connectivity index (χ2v) is 6.16. The SMILES string of the molecule is CCc1ccc(N2CCN(C(C)(C)C)CC2)cc1. The van der Waals surface area contributed by atoms with E-state index in [1.54, 1.807) is 0 Å². The van der Waals surface area contributed by atoms with Crippen molar-refractivity contribution >= 4 is 5.69 Å². The lowest BCUT2D eigenvalue weighted by Crippen LogP contribution is -2.53. The highest BCUT2D eigenvalue weighted by atomic mass is 15.3. The summed E-state index contributed by atoms with van der Waals surface area (Å²) in [5, 5.41) is 0. The summed E-state index contributed by atoms with van der Waals surface area (Å²) in [4.78, 5) is 5.07. The minimum atomic E-state index is 0.304. The van der Waals surface area contributed by atoms with Gasteiger partial charge in [-0.15, -0.1) is 0 Å². The lowest BCUT2D eigenvalue weighted by molar-refractivity contribution is 0.128. The van der Waals surface area contributed by atoms with Gasteiger partial charge in [0, 0.05) is 37.4 Å². The summed E-state index contributed by atoms with van der Waals surface area (Å²) in [5.41, 5.74) is 3.10. The molecule has 1 aromatic carbocycles. The van der Waals surface area contributed by atoms with Crippen molar-refractivity contribution in [3.05, 3.63) is 29.8 Å². The van der Waals surface area contributed by atoms with E-state index < -0.39 is 0 Å². The van der Waals surface area contributed by atoms with Crippen LogP contribution >= 0.6 is 0 Å². The fourth-order valence-corrected chi connectivity index (χ4v) is 2.58. The van der Waals surface area contributed by atoms with E-state index in [0.29, 0.717) is 5.54 Å². The predicted octanol–water partition coefficient (Wildman–Crippen LogP) is 3.17. The Morgan fingerprint density at radius 3 is 1.94 bits per heavy atom.